The van der Waals surface area contributed by atoms with Crippen LogP contribution < -0.4 is 5.32 Å². The summed E-state index contributed by atoms with van der Waals surface area (Å²) < 4.78 is 0. The average molecular weight is 309 g/mol. The molecule has 114 valence electrons. The van der Waals surface area contributed by atoms with E-state index in [0.717, 1.165) is 5.92 Å². The van der Waals surface area contributed by atoms with Gasteiger partial charge in [0.15, 0.2) is 0 Å². The molecule has 0 amide bonds. The van der Waals surface area contributed by atoms with E-state index in [1.807, 2.05) is 0 Å². The van der Waals surface area contributed by atoms with Crippen molar-refractivity contribution < 1.29 is 4.92 Å². The number of nitro benzene ring substituents is 1. The summed E-state index contributed by atoms with van der Waals surface area (Å²) in [5, 5.41) is 15.0. The third kappa shape index (κ3) is 2.20. The summed E-state index contributed by atoms with van der Waals surface area (Å²) in [5.41, 5.74) is 1.19. The van der Waals surface area contributed by atoms with Crippen LogP contribution in [-0.4, -0.2) is 11.0 Å². The van der Waals surface area contributed by atoms with E-state index < -0.39 is 0 Å². The summed E-state index contributed by atoms with van der Waals surface area (Å²) in [6, 6.07) is 4.89. The summed E-state index contributed by atoms with van der Waals surface area (Å²) in [4.78, 5) is 10.6. The van der Waals surface area contributed by atoms with E-state index in [2.05, 4.69) is 26.1 Å². The number of benzene rings is 1. The van der Waals surface area contributed by atoms with Crippen LogP contribution in [0, 0.1) is 26.9 Å². The minimum absolute atomic E-state index is 0.0769. The Balaban J connectivity index is 1.93. The third-order valence-corrected chi connectivity index (χ3v) is 6.06. The van der Waals surface area contributed by atoms with Crippen LogP contribution in [0.15, 0.2) is 18.2 Å². The summed E-state index contributed by atoms with van der Waals surface area (Å²) in [7, 11) is 0. The molecule has 1 aromatic carbocycles. The molecular weight excluding hydrogens is 288 g/mol. The van der Waals surface area contributed by atoms with Crippen LogP contribution >= 0.6 is 11.6 Å². The van der Waals surface area contributed by atoms with E-state index >= 15 is 0 Å². The largest absolute Gasteiger partial charge is 0.380 e. The second kappa shape index (κ2) is 4.60. The van der Waals surface area contributed by atoms with Gasteiger partial charge in [0.2, 0.25) is 0 Å². The molecule has 2 saturated carbocycles. The van der Waals surface area contributed by atoms with Gasteiger partial charge in [0.1, 0.15) is 0 Å². The molecule has 4 nitrogen and oxygen atoms in total. The van der Waals surface area contributed by atoms with Gasteiger partial charge in [-0.2, -0.15) is 0 Å². The Morgan fingerprint density at radius 2 is 2.10 bits per heavy atom. The second-order valence-corrected chi connectivity index (χ2v) is 7.82. The van der Waals surface area contributed by atoms with Crippen LogP contribution in [0.1, 0.15) is 40.0 Å². The Hall–Kier alpha value is -1.29. The quantitative estimate of drug-likeness (QED) is 0.640. The minimum atomic E-state index is -0.380. The number of hydrogen-bond acceptors (Lipinski definition) is 3. The molecule has 0 aromatic heterocycles. The van der Waals surface area contributed by atoms with E-state index in [1.165, 1.54) is 25.3 Å². The molecule has 0 aliphatic heterocycles. The maximum absolute atomic E-state index is 11.0. The first-order chi connectivity index (χ1) is 9.74. The molecule has 2 aliphatic rings. The van der Waals surface area contributed by atoms with Gasteiger partial charge in [0.25, 0.3) is 5.69 Å². The zero-order chi connectivity index (χ0) is 15.4. The van der Waals surface area contributed by atoms with E-state index in [-0.39, 0.29) is 21.4 Å². The van der Waals surface area contributed by atoms with Crippen molar-refractivity contribution in [2.45, 2.75) is 46.1 Å². The highest BCUT2D eigenvalue weighted by Gasteiger charge is 2.59. The predicted octanol–water partition coefficient (Wildman–Crippen LogP) is 4.87. The Bertz CT molecular complexity index is 597. The Morgan fingerprint density at radius 3 is 2.67 bits per heavy atom. The maximum Gasteiger partial charge on any atom is 0.271 e. The number of non-ortho nitro benzene ring substituents is 1. The van der Waals surface area contributed by atoms with Crippen molar-refractivity contribution in [1.29, 1.82) is 0 Å². The van der Waals surface area contributed by atoms with Gasteiger partial charge in [0, 0.05) is 18.2 Å². The molecule has 3 atom stereocenters. The molecule has 3 unspecified atom stereocenters. The first-order valence-corrected chi connectivity index (χ1v) is 7.82. The maximum atomic E-state index is 11.0. The van der Waals surface area contributed by atoms with Crippen LogP contribution in [0.2, 0.25) is 5.02 Å². The van der Waals surface area contributed by atoms with Crippen LogP contribution in [0.3, 0.4) is 0 Å². The predicted molar refractivity (Wildman–Crippen MR) is 84.7 cm³/mol. The molecule has 0 radical (unpaired) electrons. The van der Waals surface area contributed by atoms with Gasteiger partial charge in [-0.3, -0.25) is 10.1 Å². The molecular formula is C16H21ClN2O2. The average Bonchev–Trinajstić information content (AvgIpc) is 2.87. The monoisotopic (exact) mass is 308 g/mol. The fourth-order valence-corrected chi connectivity index (χ4v) is 4.73. The molecule has 0 spiro atoms. The Labute approximate surface area is 130 Å². The number of halogens is 1. The van der Waals surface area contributed by atoms with Crippen LogP contribution in [0.25, 0.3) is 0 Å². The van der Waals surface area contributed by atoms with Crippen molar-refractivity contribution in [2.75, 3.05) is 5.32 Å². The van der Waals surface area contributed by atoms with E-state index in [1.54, 1.807) is 12.1 Å². The van der Waals surface area contributed by atoms with Gasteiger partial charge in [-0.15, -0.1) is 0 Å². The number of fused-ring (bicyclic) bond motifs is 2. The van der Waals surface area contributed by atoms with Crippen LogP contribution in [0.5, 0.6) is 0 Å². The molecule has 2 fully saturated rings. The molecule has 1 N–H and O–H groups in total. The molecule has 0 saturated heterocycles. The molecule has 3 rings (SSSR count). The van der Waals surface area contributed by atoms with Crippen molar-refractivity contribution in [3.63, 3.8) is 0 Å². The summed E-state index contributed by atoms with van der Waals surface area (Å²) >= 11 is 6.23. The Kier molecular flexibility index (Phi) is 3.21. The van der Waals surface area contributed by atoms with Gasteiger partial charge in [-0.05, 0) is 42.1 Å². The number of nitrogens with zero attached hydrogens (tertiary/aromatic N) is 1. The van der Waals surface area contributed by atoms with Crippen molar-refractivity contribution in [2.24, 2.45) is 16.7 Å². The lowest BCUT2D eigenvalue weighted by atomic mass is 9.68. The van der Waals surface area contributed by atoms with Gasteiger partial charge < -0.3 is 5.32 Å². The van der Waals surface area contributed by atoms with Crippen LogP contribution in [-0.2, 0) is 0 Å². The molecule has 2 bridgehead atoms. The zero-order valence-electron chi connectivity index (χ0n) is 12.6. The Morgan fingerprint density at radius 1 is 1.38 bits per heavy atom. The number of hydrogen-bond donors (Lipinski definition) is 1. The summed E-state index contributed by atoms with van der Waals surface area (Å²) in [6.45, 7) is 6.92. The lowest BCUT2D eigenvalue weighted by Gasteiger charge is -2.43. The van der Waals surface area contributed by atoms with Gasteiger partial charge in [-0.1, -0.05) is 32.4 Å². The second-order valence-electron chi connectivity index (χ2n) is 7.41. The highest BCUT2D eigenvalue weighted by Crippen LogP contribution is 2.63. The highest BCUT2D eigenvalue weighted by atomic mass is 35.5. The highest BCUT2D eigenvalue weighted by molar-refractivity contribution is 6.33. The van der Waals surface area contributed by atoms with E-state index in [4.69, 9.17) is 11.6 Å². The van der Waals surface area contributed by atoms with Crippen molar-refractivity contribution in [1.82, 2.24) is 0 Å². The first kappa shape index (κ1) is 14.6. The SMILES string of the molecule is CC12CCC(C1)C(C)(C)C2Nc1cc([N+](=O)[O-])ccc1Cl. The zero-order valence-corrected chi connectivity index (χ0v) is 13.4. The molecule has 21 heavy (non-hydrogen) atoms. The normalized spacial score (nSPS) is 33.1. The summed E-state index contributed by atoms with van der Waals surface area (Å²) in [6.07, 6.45) is 3.72. The molecule has 1 aromatic rings. The summed E-state index contributed by atoms with van der Waals surface area (Å²) in [5.74, 6) is 0.720. The van der Waals surface area contributed by atoms with E-state index in [9.17, 15) is 10.1 Å². The lowest BCUT2D eigenvalue weighted by Crippen LogP contribution is -2.45. The number of nitro groups is 1. The smallest absolute Gasteiger partial charge is 0.271 e. The van der Waals surface area contributed by atoms with Crippen LogP contribution in [0.4, 0.5) is 11.4 Å². The fourth-order valence-electron chi connectivity index (χ4n) is 4.56. The van der Waals surface area contributed by atoms with Crippen molar-refractivity contribution in [3.05, 3.63) is 33.3 Å². The van der Waals surface area contributed by atoms with Crippen molar-refractivity contribution in [3.8, 4) is 0 Å². The van der Waals surface area contributed by atoms with E-state index in [0.29, 0.717) is 16.8 Å². The topological polar surface area (TPSA) is 55.2 Å². The number of anilines is 1. The fraction of sp³-hybridized carbons (Fsp3) is 0.625. The molecule has 2 aliphatic carbocycles. The first-order valence-electron chi connectivity index (χ1n) is 7.44. The molecule has 0 heterocycles. The van der Waals surface area contributed by atoms with Gasteiger partial charge in [-0.25, -0.2) is 0 Å². The molecule has 5 heteroatoms. The van der Waals surface area contributed by atoms with Crippen molar-refractivity contribution >= 4 is 23.0 Å². The number of rotatable bonds is 3. The lowest BCUT2D eigenvalue weighted by molar-refractivity contribution is -0.384. The third-order valence-electron chi connectivity index (χ3n) is 5.73. The standard InChI is InChI=1S/C16H21ClN2O2/c1-15(2)10-6-7-16(3,9-10)14(15)18-13-8-11(19(20)21)4-5-12(13)17/h4-5,8,10,14,18H,6-7,9H2,1-3H3. The van der Waals surface area contributed by atoms with Gasteiger partial charge >= 0.3 is 0 Å². The van der Waals surface area contributed by atoms with Gasteiger partial charge in [0.05, 0.1) is 15.6 Å². The minimum Gasteiger partial charge on any atom is -0.380 e. The number of nitrogens with one attached hydrogen (secondary N) is 1.